The van der Waals surface area contributed by atoms with Gasteiger partial charge in [-0.3, -0.25) is 4.79 Å². The average molecular weight is 274 g/mol. The van der Waals surface area contributed by atoms with Crippen molar-refractivity contribution in [2.45, 2.75) is 50.7 Å². The van der Waals surface area contributed by atoms with E-state index in [9.17, 15) is 9.90 Å². The van der Waals surface area contributed by atoms with Gasteiger partial charge in [0, 0.05) is 17.8 Å². The summed E-state index contributed by atoms with van der Waals surface area (Å²) >= 11 is 0. The highest BCUT2D eigenvalue weighted by Gasteiger charge is 2.24. The first-order valence-corrected chi connectivity index (χ1v) is 7.60. The van der Waals surface area contributed by atoms with Crippen molar-refractivity contribution in [1.29, 1.82) is 0 Å². The fourth-order valence-electron chi connectivity index (χ4n) is 3.14. The fourth-order valence-corrected chi connectivity index (χ4v) is 3.14. The molecule has 1 aromatic rings. The number of hydrogen-bond acceptors (Lipinski definition) is 3. The number of amides is 1. The molecule has 1 aliphatic heterocycles. The number of fused-ring (bicyclic) bond motifs is 1. The zero-order chi connectivity index (χ0) is 13.9. The highest BCUT2D eigenvalue weighted by atomic mass is 16.3. The molecule has 4 nitrogen and oxygen atoms in total. The maximum absolute atomic E-state index is 12.3. The zero-order valence-corrected chi connectivity index (χ0v) is 11.7. The Balaban J connectivity index is 1.69. The molecule has 1 heterocycles. The lowest BCUT2D eigenvalue weighted by Gasteiger charge is -2.21. The summed E-state index contributed by atoms with van der Waals surface area (Å²) < 4.78 is 0. The van der Waals surface area contributed by atoms with Gasteiger partial charge in [0.1, 0.15) is 0 Å². The number of carbonyl (C=O) groups is 1. The van der Waals surface area contributed by atoms with Crippen molar-refractivity contribution in [3.63, 3.8) is 0 Å². The molecule has 3 rings (SSSR count). The maximum atomic E-state index is 12.3. The Kier molecular flexibility index (Phi) is 3.92. The van der Waals surface area contributed by atoms with Gasteiger partial charge < -0.3 is 15.7 Å². The van der Waals surface area contributed by atoms with Gasteiger partial charge in [0.05, 0.1) is 12.1 Å². The van der Waals surface area contributed by atoms with E-state index in [-0.39, 0.29) is 11.9 Å². The smallest absolute Gasteiger partial charge is 0.251 e. The minimum absolute atomic E-state index is 0.0764. The first-order valence-electron chi connectivity index (χ1n) is 7.60. The van der Waals surface area contributed by atoms with Gasteiger partial charge in [0.2, 0.25) is 0 Å². The Bertz CT molecular complexity index is 501. The molecule has 0 spiro atoms. The predicted molar refractivity (Wildman–Crippen MR) is 79.0 cm³/mol. The first kappa shape index (κ1) is 13.4. The largest absolute Gasteiger partial charge is 0.391 e. The van der Waals surface area contributed by atoms with Gasteiger partial charge in [-0.25, -0.2) is 0 Å². The molecule has 1 fully saturated rings. The van der Waals surface area contributed by atoms with Crippen molar-refractivity contribution in [3.05, 3.63) is 29.3 Å². The summed E-state index contributed by atoms with van der Waals surface area (Å²) in [6, 6.07) is 5.71. The third-order valence-electron chi connectivity index (χ3n) is 4.38. The molecule has 0 radical (unpaired) electrons. The number of aliphatic hydroxyl groups excluding tert-OH is 1. The molecule has 1 aromatic carbocycles. The van der Waals surface area contributed by atoms with Crippen LogP contribution in [-0.4, -0.2) is 29.7 Å². The monoisotopic (exact) mass is 274 g/mol. The molecule has 1 amide bonds. The summed E-state index contributed by atoms with van der Waals surface area (Å²) in [5, 5.41) is 16.4. The summed E-state index contributed by atoms with van der Waals surface area (Å²) in [5.41, 5.74) is 3.02. The van der Waals surface area contributed by atoms with Crippen LogP contribution in [0, 0.1) is 0 Å². The molecule has 20 heavy (non-hydrogen) atoms. The molecule has 2 unspecified atom stereocenters. The standard InChI is InChI=1S/C16H22N2O2/c19-15-5-3-1-2-4-13(15)18-16(20)12-7-6-11-8-9-17-14(11)10-12/h6-7,10,13,15,17,19H,1-5,8-9H2,(H,18,20). The van der Waals surface area contributed by atoms with E-state index in [0.717, 1.165) is 50.8 Å². The lowest BCUT2D eigenvalue weighted by atomic mass is 10.0. The van der Waals surface area contributed by atoms with Crippen molar-refractivity contribution < 1.29 is 9.90 Å². The van der Waals surface area contributed by atoms with E-state index >= 15 is 0 Å². The normalized spacial score (nSPS) is 25.4. The molecule has 2 atom stereocenters. The van der Waals surface area contributed by atoms with E-state index in [1.807, 2.05) is 18.2 Å². The van der Waals surface area contributed by atoms with Gasteiger partial charge in [0.25, 0.3) is 5.91 Å². The van der Waals surface area contributed by atoms with Crippen molar-refractivity contribution in [2.75, 3.05) is 11.9 Å². The topological polar surface area (TPSA) is 61.4 Å². The molecular weight excluding hydrogens is 252 g/mol. The molecule has 1 aliphatic carbocycles. The quantitative estimate of drug-likeness (QED) is 0.724. The Morgan fingerprint density at radius 1 is 1.25 bits per heavy atom. The number of rotatable bonds is 2. The molecule has 0 aromatic heterocycles. The van der Waals surface area contributed by atoms with Crippen LogP contribution in [0.15, 0.2) is 18.2 Å². The number of nitrogens with one attached hydrogen (secondary N) is 2. The Morgan fingerprint density at radius 2 is 2.10 bits per heavy atom. The Hall–Kier alpha value is -1.55. The second kappa shape index (κ2) is 5.83. The number of hydrogen-bond donors (Lipinski definition) is 3. The molecular formula is C16H22N2O2. The van der Waals surface area contributed by atoms with Gasteiger partial charge in [0.15, 0.2) is 0 Å². The molecule has 0 saturated heterocycles. The molecule has 108 valence electrons. The highest BCUT2D eigenvalue weighted by Crippen LogP contribution is 2.24. The Labute approximate surface area is 119 Å². The van der Waals surface area contributed by atoms with Crippen LogP contribution in [0.1, 0.15) is 48.0 Å². The summed E-state index contributed by atoms with van der Waals surface area (Å²) in [4.78, 5) is 12.3. The zero-order valence-electron chi connectivity index (χ0n) is 11.7. The van der Waals surface area contributed by atoms with Crippen molar-refractivity contribution >= 4 is 11.6 Å². The predicted octanol–water partition coefficient (Wildman–Crippen LogP) is 2.08. The van der Waals surface area contributed by atoms with Crippen LogP contribution in [0.2, 0.25) is 0 Å². The number of carbonyl (C=O) groups excluding carboxylic acids is 1. The Morgan fingerprint density at radius 3 is 3.00 bits per heavy atom. The third kappa shape index (κ3) is 2.80. The molecule has 1 saturated carbocycles. The molecule has 0 bridgehead atoms. The minimum Gasteiger partial charge on any atom is -0.391 e. The second-order valence-corrected chi connectivity index (χ2v) is 5.83. The lowest BCUT2D eigenvalue weighted by Crippen LogP contribution is -2.42. The molecule has 2 aliphatic rings. The van der Waals surface area contributed by atoms with Crippen molar-refractivity contribution in [2.24, 2.45) is 0 Å². The van der Waals surface area contributed by atoms with Gasteiger partial charge in [-0.1, -0.05) is 25.3 Å². The van der Waals surface area contributed by atoms with Gasteiger partial charge in [-0.05, 0) is 37.0 Å². The van der Waals surface area contributed by atoms with Crippen LogP contribution in [0.25, 0.3) is 0 Å². The summed E-state index contributed by atoms with van der Waals surface area (Å²) in [5.74, 6) is -0.0764. The third-order valence-corrected chi connectivity index (χ3v) is 4.38. The summed E-state index contributed by atoms with van der Waals surface area (Å²) in [6.45, 7) is 0.946. The van der Waals surface area contributed by atoms with Crippen LogP contribution in [0.3, 0.4) is 0 Å². The van der Waals surface area contributed by atoms with Crippen molar-refractivity contribution in [1.82, 2.24) is 5.32 Å². The maximum Gasteiger partial charge on any atom is 0.251 e. The van der Waals surface area contributed by atoms with Crippen LogP contribution in [-0.2, 0) is 6.42 Å². The van der Waals surface area contributed by atoms with E-state index in [0.29, 0.717) is 5.56 Å². The summed E-state index contributed by atoms with van der Waals surface area (Å²) in [7, 11) is 0. The first-order chi connectivity index (χ1) is 9.74. The minimum atomic E-state index is -0.408. The van der Waals surface area contributed by atoms with Gasteiger partial charge in [-0.15, -0.1) is 0 Å². The molecule has 3 N–H and O–H groups in total. The fraction of sp³-hybridized carbons (Fsp3) is 0.562. The van der Waals surface area contributed by atoms with Crippen LogP contribution in [0.5, 0.6) is 0 Å². The lowest BCUT2D eigenvalue weighted by molar-refractivity contribution is 0.0819. The SMILES string of the molecule is O=C(NC1CCCCCC1O)c1ccc2c(c1)NCC2. The van der Waals surface area contributed by atoms with E-state index in [1.54, 1.807) is 0 Å². The number of benzene rings is 1. The van der Waals surface area contributed by atoms with Crippen LogP contribution in [0.4, 0.5) is 5.69 Å². The summed E-state index contributed by atoms with van der Waals surface area (Å²) in [6.07, 6.45) is 5.55. The number of aliphatic hydroxyl groups is 1. The van der Waals surface area contributed by atoms with E-state index in [2.05, 4.69) is 10.6 Å². The highest BCUT2D eigenvalue weighted by molar-refractivity contribution is 5.95. The van der Waals surface area contributed by atoms with Crippen LogP contribution >= 0.6 is 0 Å². The van der Waals surface area contributed by atoms with E-state index < -0.39 is 6.10 Å². The average Bonchev–Trinajstić information content (AvgIpc) is 2.83. The number of anilines is 1. The molecule has 4 heteroatoms. The van der Waals surface area contributed by atoms with Gasteiger partial charge in [-0.2, -0.15) is 0 Å². The van der Waals surface area contributed by atoms with Gasteiger partial charge >= 0.3 is 0 Å². The second-order valence-electron chi connectivity index (χ2n) is 5.83. The van der Waals surface area contributed by atoms with Crippen LogP contribution < -0.4 is 10.6 Å². The van der Waals surface area contributed by atoms with E-state index in [1.165, 1.54) is 5.56 Å². The van der Waals surface area contributed by atoms with Crippen molar-refractivity contribution in [3.8, 4) is 0 Å². The van der Waals surface area contributed by atoms with E-state index in [4.69, 9.17) is 0 Å².